The molecule has 0 bridgehead atoms. The van der Waals surface area contributed by atoms with Crippen molar-refractivity contribution in [3.05, 3.63) is 106 Å². The van der Waals surface area contributed by atoms with Crippen molar-refractivity contribution in [3.63, 3.8) is 0 Å². The Morgan fingerprint density at radius 1 is 0.758 bits per heavy atom. The Hall–Kier alpha value is -4.03. The largest absolute Gasteiger partial charge is 0.322 e. The number of aromatic nitrogens is 1. The number of thiazole rings is 1. The maximum atomic E-state index is 13.2. The van der Waals surface area contributed by atoms with E-state index in [-0.39, 0.29) is 5.57 Å². The summed E-state index contributed by atoms with van der Waals surface area (Å²) in [5, 5.41) is 8.21. The minimum absolute atomic E-state index is 0.0181. The molecule has 164 valence electrons. The van der Waals surface area contributed by atoms with Crippen LogP contribution in [0, 0.1) is 13.8 Å². The third kappa shape index (κ3) is 5.42. The van der Waals surface area contributed by atoms with Crippen LogP contribution in [0.5, 0.6) is 0 Å². The molecular weight excluding hydrogens is 430 g/mol. The lowest BCUT2D eigenvalue weighted by atomic mass is 10.1. The lowest BCUT2D eigenvalue weighted by Crippen LogP contribution is -2.25. The van der Waals surface area contributed by atoms with Gasteiger partial charge in [-0.15, -0.1) is 11.3 Å². The SMILES string of the molecule is Cc1ccccc1NC(=O)C(=Cc1nc(-c2ccccc2)cs1)C(=O)Nc1ccccc1C. The van der Waals surface area contributed by atoms with E-state index in [1.165, 1.54) is 17.4 Å². The van der Waals surface area contributed by atoms with E-state index < -0.39 is 11.8 Å². The molecule has 2 N–H and O–H groups in total. The quantitative estimate of drug-likeness (QED) is 0.211. The number of aryl methyl sites for hydroxylation is 2. The Kier molecular flexibility index (Phi) is 6.76. The lowest BCUT2D eigenvalue weighted by molar-refractivity contribution is -0.118. The van der Waals surface area contributed by atoms with E-state index in [9.17, 15) is 9.59 Å². The molecule has 2 amide bonds. The Morgan fingerprint density at radius 2 is 1.27 bits per heavy atom. The number of carbonyl (C=O) groups excluding carboxylic acids is 2. The summed E-state index contributed by atoms with van der Waals surface area (Å²) in [6.07, 6.45) is 1.54. The minimum atomic E-state index is -0.494. The summed E-state index contributed by atoms with van der Waals surface area (Å²) in [7, 11) is 0. The van der Waals surface area contributed by atoms with Crippen LogP contribution in [0.2, 0.25) is 0 Å². The molecule has 0 radical (unpaired) electrons. The number of nitrogens with zero attached hydrogens (tertiary/aromatic N) is 1. The van der Waals surface area contributed by atoms with Crippen LogP contribution in [0.15, 0.2) is 89.8 Å². The highest BCUT2D eigenvalue weighted by atomic mass is 32.1. The molecular formula is C27H23N3O2S. The number of benzene rings is 3. The third-order valence-corrected chi connectivity index (χ3v) is 5.93. The molecule has 4 aromatic rings. The highest BCUT2D eigenvalue weighted by Crippen LogP contribution is 2.24. The van der Waals surface area contributed by atoms with Crippen molar-refractivity contribution in [1.29, 1.82) is 0 Å². The number of amides is 2. The average molecular weight is 454 g/mol. The van der Waals surface area contributed by atoms with Crippen LogP contribution in [-0.2, 0) is 9.59 Å². The molecule has 0 aliphatic rings. The monoisotopic (exact) mass is 453 g/mol. The second-order valence-electron chi connectivity index (χ2n) is 7.53. The van der Waals surface area contributed by atoms with Gasteiger partial charge in [-0.05, 0) is 43.2 Å². The predicted molar refractivity (Wildman–Crippen MR) is 135 cm³/mol. The third-order valence-electron chi connectivity index (χ3n) is 5.14. The predicted octanol–water partition coefficient (Wildman–Crippen LogP) is 6.09. The first-order valence-electron chi connectivity index (χ1n) is 10.5. The maximum Gasteiger partial charge on any atom is 0.261 e. The van der Waals surface area contributed by atoms with Gasteiger partial charge in [-0.1, -0.05) is 66.7 Å². The fourth-order valence-electron chi connectivity index (χ4n) is 3.26. The first kappa shape index (κ1) is 22.2. The summed E-state index contributed by atoms with van der Waals surface area (Å²) in [5.41, 5.74) is 4.88. The summed E-state index contributed by atoms with van der Waals surface area (Å²) >= 11 is 1.38. The van der Waals surface area contributed by atoms with Crippen LogP contribution in [0.25, 0.3) is 17.3 Å². The highest BCUT2D eigenvalue weighted by molar-refractivity contribution is 7.10. The highest BCUT2D eigenvalue weighted by Gasteiger charge is 2.21. The Morgan fingerprint density at radius 3 is 1.82 bits per heavy atom. The molecule has 5 nitrogen and oxygen atoms in total. The molecule has 0 fully saturated rings. The number of para-hydroxylation sites is 2. The zero-order chi connectivity index (χ0) is 23.2. The molecule has 1 heterocycles. The topological polar surface area (TPSA) is 71.1 Å². The van der Waals surface area contributed by atoms with E-state index in [0.717, 1.165) is 22.4 Å². The van der Waals surface area contributed by atoms with E-state index in [2.05, 4.69) is 15.6 Å². The van der Waals surface area contributed by atoms with Gasteiger partial charge in [0.1, 0.15) is 10.6 Å². The second-order valence-corrected chi connectivity index (χ2v) is 8.42. The fraction of sp³-hybridized carbons (Fsp3) is 0.0741. The van der Waals surface area contributed by atoms with Crippen LogP contribution in [0.4, 0.5) is 11.4 Å². The smallest absolute Gasteiger partial charge is 0.261 e. The summed E-state index contributed by atoms with van der Waals surface area (Å²) < 4.78 is 0. The number of nitrogens with one attached hydrogen (secondary N) is 2. The van der Waals surface area contributed by atoms with Crippen molar-refractivity contribution in [1.82, 2.24) is 4.98 Å². The van der Waals surface area contributed by atoms with Crippen LogP contribution < -0.4 is 10.6 Å². The molecule has 0 saturated carbocycles. The van der Waals surface area contributed by atoms with Crippen molar-refractivity contribution in [2.45, 2.75) is 13.8 Å². The maximum absolute atomic E-state index is 13.2. The van der Waals surface area contributed by atoms with Crippen molar-refractivity contribution >= 4 is 40.6 Å². The van der Waals surface area contributed by atoms with Gasteiger partial charge in [-0.3, -0.25) is 9.59 Å². The van der Waals surface area contributed by atoms with Gasteiger partial charge in [0, 0.05) is 22.3 Å². The zero-order valence-electron chi connectivity index (χ0n) is 18.3. The Bertz CT molecular complexity index is 1260. The van der Waals surface area contributed by atoms with Crippen molar-refractivity contribution in [2.24, 2.45) is 0 Å². The van der Waals surface area contributed by atoms with E-state index >= 15 is 0 Å². The van der Waals surface area contributed by atoms with Crippen molar-refractivity contribution in [2.75, 3.05) is 10.6 Å². The van der Waals surface area contributed by atoms with Gasteiger partial charge in [-0.2, -0.15) is 0 Å². The lowest BCUT2D eigenvalue weighted by Gasteiger charge is -2.12. The van der Waals surface area contributed by atoms with Crippen LogP contribution in [0.3, 0.4) is 0 Å². The molecule has 4 rings (SSSR count). The summed E-state index contributed by atoms with van der Waals surface area (Å²) in [6.45, 7) is 3.80. The van der Waals surface area contributed by atoms with Crippen LogP contribution in [-0.4, -0.2) is 16.8 Å². The van der Waals surface area contributed by atoms with Crippen LogP contribution >= 0.6 is 11.3 Å². The molecule has 0 aliphatic heterocycles. The van der Waals surface area contributed by atoms with E-state index in [4.69, 9.17) is 0 Å². The number of hydrogen-bond acceptors (Lipinski definition) is 4. The fourth-order valence-corrected chi connectivity index (χ4v) is 4.02. The molecule has 0 saturated heterocycles. The number of hydrogen-bond donors (Lipinski definition) is 2. The first-order valence-corrected chi connectivity index (χ1v) is 11.4. The van der Waals surface area contributed by atoms with Gasteiger partial charge in [-0.25, -0.2) is 4.98 Å². The number of rotatable bonds is 6. The van der Waals surface area contributed by atoms with E-state index in [0.29, 0.717) is 16.4 Å². The average Bonchev–Trinajstić information content (AvgIpc) is 3.30. The van der Waals surface area contributed by atoms with Gasteiger partial charge in [0.25, 0.3) is 11.8 Å². The summed E-state index contributed by atoms with van der Waals surface area (Å²) in [5.74, 6) is -0.987. The minimum Gasteiger partial charge on any atom is -0.322 e. The molecule has 1 aromatic heterocycles. The summed E-state index contributed by atoms with van der Waals surface area (Å²) in [6, 6.07) is 24.7. The first-order chi connectivity index (χ1) is 16.0. The second kappa shape index (κ2) is 10.1. The van der Waals surface area contributed by atoms with Gasteiger partial charge >= 0.3 is 0 Å². The Labute approximate surface area is 196 Å². The van der Waals surface area contributed by atoms with Crippen molar-refractivity contribution < 1.29 is 9.59 Å². The zero-order valence-corrected chi connectivity index (χ0v) is 19.1. The van der Waals surface area contributed by atoms with Gasteiger partial charge in [0.15, 0.2) is 0 Å². The molecule has 3 aromatic carbocycles. The molecule has 0 atom stereocenters. The van der Waals surface area contributed by atoms with Crippen LogP contribution in [0.1, 0.15) is 16.1 Å². The summed E-state index contributed by atoms with van der Waals surface area (Å²) in [4.78, 5) is 31.0. The van der Waals surface area contributed by atoms with E-state index in [1.807, 2.05) is 86.0 Å². The molecule has 6 heteroatoms. The number of anilines is 2. The number of carbonyl (C=O) groups is 2. The normalized spacial score (nSPS) is 10.4. The molecule has 0 unspecified atom stereocenters. The Balaban J connectivity index is 1.67. The van der Waals surface area contributed by atoms with E-state index in [1.54, 1.807) is 12.1 Å². The molecule has 0 spiro atoms. The van der Waals surface area contributed by atoms with Crippen molar-refractivity contribution in [3.8, 4) is 11.3 Å². The van der Waals surface area contributed by atoms with Gasteiger partial charge in [0.2, 0.25) is 0 Å². The van der Waals surface area contributed by atoms with Gasteiger partial charge < -0.3 is 10.6 Å². The molecule has 33 heavy (non-hydrogen) atoms. The molecule has 0 aliphatic carbocycles. The standard InChI is InChI=1S/C27H23N3O2S/c1-18-10-6-8-14-22(18)29-26(31)21(27(32)30-23-15-9-7-11-19(23)2)16-25-28-24(17-33-25)20-12-4-3-5-13-20/h3-17H,1-2H3,(H,29,31)(H,30,32). The van der Waals surface area contributed by atoms with Gasteiger partial charge in [0.05, 0.1) is 5.69 Å².